The summed E-state index contributed by atoms with van der Waals surface area (Å²) in [5, 5.41) is 9.88. The van der Waals surface area contributed by atoms with Crippen molar-refractivity contribution in [1.29, 1.82) is 5.26 Å². The molecule has 6 heteroatoms. The van der Waals surface area contributed by atoms with Crippen LogP contribution < -0.4 is 4.90 Å². The first-order valence-electron chi connectivity index (χ1n) is 12.8. The Morgan fingerprint density at radius 1 is 1.09 bits per heavy atom. The first-order chi connectivity index (χ1) is 16.9. The van der Waals surface area contributed by atoms with Gasteiger partial charge in [-0.3, -0.25) is 9.80 Å². The molecule has 1 aliphatic heterocycles. The number of hydrogen-bond acceptors (Lipinski definition) is 4. The maximum atomic E-state index is 14.0. The molecule has 3 fully saturated rings. The van der Waals surface area contributed by atoms with E-state index in [-0.39, 0.29) is 17.1 Å². The summed E-state index contributed by atoms with van der Waals surface area (Å²) in [6.45, 7) is 1.52. The van der Waals surface area contributed by atoms with Crippen LogP contribution in [0.1, 0.15) is 56.1 Å². The van der Waals surface area contributed by atoms with Crippen LogP contribution in [-0.2, 0) is 5.54 Å². The normalized spacial score (nSPS) is 26.9. The number of nitriles is 1. The lowest BCUT2D eigenvalue weighted by Crippen LogP contribution is -2.56. The highest BCUT2D eigenvalue weighted by Crippen LogP contribution is 2.50. The molecule has 5 rings (SSSR count). The number of urea groups is 1. The van der Waals surface area contributed by atoms with Gasteiger partial charge in [-0.1, -0.05) is 36.8 Å². The van der Waals surface area contributed by atoms with Gasteiger partial charge in [0.15, 0.2) is 0 Å². The van der Waals surface area contributed by atoms with Crippen LogP contribution in [0, 0.1) is 17.2 Å². The van der Waals surface area contributed by atoms with Gasteiger partial charge in [-0.25, -0.2) is 4.79 Å². The molecule has 3 aliphatic rings. The Hall–Kier alpha value is -2.49. The topological polar surface area (TPSA) is 50.6 Å². The third-order valence-corrected chi connectivity index (χ3v) is 9.67. The van der Waals surface area contributed by atoms with Gasteiger partial charge in [-0.15, -0.1) is 11.8 Å². The van der Waals surface area contributed by atoms with Crippen LogP contribution >= 0.6 is 11.8 Å². The lowest BCUT2D eigenvalue weighted by Gasteiger charge is -2.51. The zero-order chi connectivity index (χ0) is 24.6. The number of thioether (sulfide) groups is 1. The molecule has 5 nitrogen and oxygen atoms in total. The van der Waals surface area contributed by atoms with E-state index >= 15 is 0 Å². The van der Waals surface area contributed by atoms with Crippen molar-refractivity contribution in [2.24, 2.45) is 5.92 Å². The maximum Gasteiger partial charge on any atom is 0.325 e. The molecule has 2 aromatic carbocycles. The van der Waals surface area contributed by atoms with Gasteiger partial charge in [0, 0.05) is 17.0 Å². The van der Waals surface area contributed by atoms with E-state index in [1.54, 1.807) is 11.8 Å². The van der Waals surface area contributed by atoms with Crippen LogP contribution in [0.25, 0.3) is 0 Å². The number of nitrogens with zero attached hydrogens (tertiary/aromatic N) is 4. The second kappa shape index (κ2) is 9.52. The minimum absolute atomic E-state index is 0.0110. The van der Waals surface area contributed by atoms with E-state index in [4.69, 9.17) is 0 Å². The predicted octanol–water partition coefficient (Wildman–Crippen LogP) is 6.09. The van der Waals surface area contributed by atoms with E-state index in [1.165, 1.54) is 24.8 Å². The molecule has 0 aromatic heterocycles. The summed E-state index contributed by atoms with van der Waals surface area (Å²) in [5.41, 5.74) is 2.53. The summed E-state index contributed by atoms with van der Waals surface area (Å²) in [5.74, 6) is 0.611. The Balaban J connectivity index is 1.48. The quantitative estimate of drug-likeness (QED) is 0.462. The Labute approximate surface area is 214 Å². The number of benzene rings is 2. The van der Waals surface area contributed by atoms with Gasteiger partial charge in [0.1, 0.15) is 6.07 Å². The summed E-state index contributed by atoms with van der Waals surface area (Å²) in [6, 6.07) is 19.2. The monoisotopic (exact) mass is 488 g/mol. The van der Waals surface area contributed by atoms with Crippen molar-refractivity contribution in [2.45, 2.75) is 60.9 Å². The smallest absolute Gasteiger partial charge is 0.317 e. The molecule has 2 aromatic rings. The fraction of sp³-hybridized carbons (Fsp3) is 0.517. The summed E-state index contributed by atoms with van der Waals surface area (Å²) >= 11 is 1.62. The SMILES string of the molecule is CSc1ccc(N2C[C@]3(CC[C@@](c4ccccc4)(N(C)C)CC3)N(CC3CCC3)C2=O)c(C#N)c1. The number of carbonyl (C=O) groups excluding carboxylic acids is 1. The van der Waals surface area contributed by atoms with Gasteiger partial charge < -0.3 is 4.90 Å². The third kappa shape index (κ3) is 4.13. The van der Waals surface area contributed by atoms with Crippen molar-refractivity contribution in [3.63, 3.8) is 0 Å². The fourth-order valence-corrected chi connectivity index (χ4v) is 6.90. The van der Waals surface area contributed by atoms with Crippen molar-refractivity contribution >= 4 is 23.5 Å². The molecule has 184 valence electrons. The predicted molar refractivity (Wildman–Crippen MR) is 143 cm³/mol. The molecule has 1 saturated heterocycles. The Morgan fingerprint density at radius 2 is 1.80 bits per heavy atom. The molecule has 2 saturated carbocycles. The van der Waals surface area contributed by atoms with Crippen LogP contribution in [-0.4, -0.2) is 54.8 Å². The van der Waals surface area contributed by atoms with Crippen molar-refractivity contribution < 1.29 is 4.79 Å². The lowest BCUT2D eigenvalue weighted by atomic mass is 9.68. The molecular weight excluding hydrogens is 452 g/mol. The molecule has 0 radical (unpaired) electrons. The standard InChI is InChI=1S/C29H36N4OS/c1-31(2)29(24-10-5-4-6-11-24)16-14-28(15-17-29)21-32(27(34)33(28)20-22-8-7-9-22)26-13-12-25(35-3)18-23(26)19-30/h4-6,10-13,18,22H,7-9,14-17,20-21H2,1-3H3/t28-,29-. The highest BCUT2D eigenvalue weighted by atomic mass is 32.2. The minimum Gasteiger partial charge on any atom is -0.317 e. The van der Waals surface area contributed by atoms with E-state index in [9.17, 15) is 10.1 Å². The van der Waals surface area contributed by atoms with Crippen molar-refractivity contribution in [2.75, 3.05) is 38.3 Å². The molecule has 1 spiro atoms. The number of amides is 2. The zero-order valence-corrected chi connectivity index (χ0v) is 22.0. The van der Waals surface area contributed by atoms with Crippen LogP contribution in [0.4, 0.5) is 10.5 Å². The van der Waals surface area contributed by atoms with E-state index < -0.39 is 0 Å². The number of hydrogen-bond donors (Lipinski definition) is 0. The maximum absolute atomic E-state index is 14.0. The van der Waals surface area contributed by atoms with Crippen LogP contribution in [0.3, 0.4) is 0 Å². The molecule has 35 heavy (non-hydrogen) atoms. The molecule has 0 bridgehead atoms. The van der Waals surface area contributed by atoms with Crippen LogP contribution in [0.2, 0.25) is 0 Å². The molecule has 2 amide bonds. The second-order valence-electron chi connectivity index (χ2n) is 10.8. The fourth-order valence-electron chi connectivity index (χ4n) is 6.46. The van der Waals surface area contributed by atoms with Gasteiger partial charge in [0.25, 0.3) is 0 Å². The largest absolute Gasteiger partial charge is 0.325 e. The van der Waals surface area contributed by atoms with E-state index in [0.29, 0.717) is 18.0 Å². The lowest BCUT2D eigenvalue weighted by molar-refractivity contribution is 0.0172. The summed E-state index contributed by atoms with van der Waals surface area (Å²) in [4.78, 5) is 21.5. The molecule has 0 unspecified atom stereocenters. The van der Waals surface area contributed by atoms with Gasteiger partial charge in [0.2, 0.25) is 0 Å². The number of carbonyl (C=O) groups is 1. The molecule has 0 N–H and O–H groups in total. The van der Waals surface area contributed by atoms with Gasteiger partial charge in [-0.05, 0) is 88.6 Å². The molecule has 1 heterocycles. The molecule has 0 atom stereocenters. The van der Waals surface area contributed by atoms with Crippen LogP contribution in [0.5, 0.6) is 0 Å². The Kier molecular flexibility index (Phi) is 6.59. The Bertz CT molecular complexity index is 1110. The van der Waals surface area contributed by atoms with Crippen LogP contribution in [0.15, 0.2) is 53.4 Å². The van der Waals surface area contributed by atoms with Crippen molar-refractivity contribution in [1.82, 2.24) is 9.80 Å². The summed E-state index contributed by atoms with van der Waals surface area (Å²) < 4.78 is 0. The summed E-state index contributed by atoms with van der Waals surface area (Å²) in [7, 11) is 4.38. The average molecular weight is 489 g/mol. The molecule has 2 aliphatic carbocycles. The van der Waals surface area contributed by atoms with Gasteiger partial charge in [-0.2, -0.15) is 5.26 Å². The number of anilines is 1. The van der Waals surface area contributed by atoms with E-state index in [2.05, 4.69) is 60.3 Å². The first kappa shape index (κ1) is 24.2. The van der Waals surface area contributed by atoms with E-state index in [1.807, 2.05) is 29.4 Å². The zero-order valence-electron chi connectivity index (χ0n) is 21.2. The van der Waals surface area contributed by atoms with Crippen molar-refractivity contribution in [3.8, 4) is 6.07 Å². The Morgan fingerprint density at radius 3 is 2.37 bits per heavy atom. The van der Waals surface area contributed by atoms with Gasteiger partial charge in [0.05, 0.1) is 23.3 Å². The minimum atomic E-state index is -0.175. The van der Waals surface area contributed by atoms with Crippen molar-refractivity contribution in [3.05, 3.63) is 59.7 Å². The molecular formula is C29H36N4OS. The highest BCUT2D eigenvalue weighted by molar-refractivity contribution is 7.98. The average Bonchev–Trinajstić information content (AvgIpc) is 3.12. The second-order valence-corrected chi connectivity index (χ2v) is 11.7. The highest BCUT2D eigenvalue weighted by Gasteiger charge is 2.55. The number of rotatable bonds is 6. The van der Waals surface area contributed by atoms with E-state index in [0.717, 1.165) is 42.8 Å². The van der Waals surface area contributed by atoms with Gasteiger partial charge >= 0.3 is 6.03 Å². The first-order valence-corrected chi connectivity index (χ1v) is 14.1. The summed E-state index contributed by atoms with van der Waals surface area (Å²) in [6.07, 6.45) is 9.70. The third-order valence-electron chi connectivity index (χ3n) is 8.94.